The first kappa shape index (κ1) is 20.8. The Balaban J connectivity index is 2.61. The lowest BCUT2D eigenvalue weighted by Crippen LogP contribution is -2.42. The molecule has 0 aromatic heterocycles. The van der Waals surface area contributed by atoms with Crippen LogP contribution in [0.1, 0.15) is 32.8 Å². The summed E-state index contributed by atoms with van der Waals surface area (Å²) in [6.07, 6.45) is 1.93. The molecule has 0 saturated heterocycles. The third kappa shape index (κ3) is 4.24. The molecule has 0 radical (unpaired) electrons. The van der Waals surface area contributed by atoms with Crippen LogP contribution in [0.2, 0.25) is 0 Å². The molecule has 0 amide bonds. The number of carbonyl (C=O) groups excluding carboxylic acids is 1. The zero-order valence-corrected chi connectivity index (χ0v) is 16.9. The Morgan fingerprint density at radius 3 is 2.41 bits per heavy atom. The van der Waals surface area contributed by atoms with E-state index in [1.54, 1.807) is 32.0 Å². The molecule has 27 heavy (non-hydrogen) atoms. The maximum atomic E-state index is 12.8. The summed E-state index contributed by atoms with van der Waals surface area (Å²) in [4.78, 5) is 12.4. The smallest absolute Gasteiger partial charge is 0.355 e. The van der Waals surface area contributed by atoms with Gasteiger partial charge in [-0.05, 0) is 44.5 Å². The summed E-state index contributed by atoms with van der Waals surface area (Å²) in [5.74, 6) is 0.205. The van der Waals surface area contributed by atoms with Crippen LogP contribution in [-0.4, -0.2) is 51.3 Å². The van der Waals surface area contributed by atoms with Crippen LogP contribution in [0, 0.1) is 0 Å². The Labute approximate surface area is 159 Å². The van der Waals surface area contributed by atoms with Crippen molar-refractivity contribution in [1.82, 2.24) is 4.31 Å². The van der Waals surface area contributed by atoms with Gasteiger partial charge in [-0.2, -0.15) is 8.42 Å². The molecule has 0 fully saturated rings. The van der Waals surface area contributed by atoms with Gasteiger partial charge >= 0.3 is 16.2 Å². The van der Waals surface area contributed by atoms with Gasteiger partial charge in [0, 0.05) is 11.6 Å². The Morgan fingerprint density at radius 2 is 1.85 bits per heavy atom. The molecule has 1 heterocycles. The van der Waals surface area contributed by atoms with Gasteiger partial charge in [-0.25, -0.2) is 9.10 Å². The summed E-state index contributed by atoms with van der Waals surface area (Å²) < 4.78 is 46.0. The van der Waals surface area contributed by atoms with Crippen molar-refractivity contribution in [3.05, 3.63) is 35.5 Å². The van der Waals surface area contributed by atoms with Crippen LogP contribution in [0.3, 0.4) is 0 Å². The first-order chi connectivity index (χ1) is 12.8. The molecule has 1 aliphatic rings. The zero-order valence-electron chi connectivity index (χ0n) is 16.1. The summed E-state index contributed by atoms with van der Waals surface area (Å²) in [7, 11) is -1.12. The number of carbonyl (C=O) groups is 1. The van der Waals surface area contributed by atoms with Crippen LogP contribution >= 0.6 is 0 Å². The average molecular weight is 396 g/mol. The van der Waals surface area contributed by atoms with E-state index in [1.807, 2.05) is 6.92 Å². The fourth-order valence-electron chi connectivity index (χ4n) is 2.63. The van der Waals surface area contributed by atoms with Crippen LogP contribution < -0.4 is 9.47 Å². The molecule has 0 N–H and O–H groups in total. The molecule has 0 saturated carbocycles. The number of hydrogen-bond acceptors (Lipinski definition) is 6. The number of ether oxygens (including phenoxy) is 3. The van der Waals surface area contributed by atoms with Gasteiger partial charge in [-0.1, -0.05) is 6.92 Å². The lowest BCUT2D eigenvalue weighted by atomic mass is 10.1. The van der Waals surface area contributed by atoms with Crippen molar-refractivity contribution in [2.45, 2.75) is 33.2 Å². The minimum Gasteiger partial charge on any atom is -0.493 e. The third-order valence-corrected chi connectivity index (χ3v) is 5.61. The molecule has 2 rings (SSSR count). The summed E-state index contributed by atoms with van der Waals surface area (Å²) in [6.45, 7) is 5.33. The fraction of sp³-hybridized carbons (Fsp3) is 0.444. The number of allylic oxidation sites excluding steroid dienone is 1. The molecule has 0 unspecified atom stereocenters. The maximum Gasteiger partial charge on any atom is 0.355 e. The third-order valence-electron chi connectivity index (χ3n) is 4.13. The Bertz CT molecular complexity index is 876. The van der Waals surface area contributed by atoms with E-state index >= 15 is 0 Å². The van der Waals surface area contributed by atoms with E-state index in [0.717, 1.165) is 4.31 Å². The van der Waals surface area contributed by atoms with Gasteiger partial charge in [0.05, 0.1) is 26.5 Å². The highest BCUT2D eigenvalue weighted by Crippen LogP contribution is 2.31. The Kier molecular flexibility index (Phi) is 6.48. The van der Waals surface area contributed by atoms with E-state index in [0.29, 0.717) is 23.5 Å². The van der Waals surface area contributed by atoms with E-state index < -0.39 is 22.2 Å². The number of rotatable bonds is 7. The summed E-state index contributed by atoms with van der Waals surface area (Å²) in [5.41, 5.74) is 0.534. The molecule has 1 aromatic rings. The van der Waals surface area contributed by atoms with E-state index in [-0.39, 0.29) is 18.0 Å². The second kappa shape index (κ2) is 8.43. The second-order valence-electron chi connectivity index (χ2n) is 5.83. The van der Waals surface area contributed by atoms with Crippen molar-refractivity contribution in [2.24, 2.45) is 4.40 Å². The van der Waals surface area contributed by atoms with Crippen LogP contribution in [0.4, 0.5) is 0 Å². The zero-order chi connectivity index (χ0) is 20.2. The maximum absolute atomic E-state index is 12.8. The highest BCUT2D eigenvalue weighted by molar-refractivity contribution is 7.88. The number of nitrogens with zero attached hydrogens (tertiary/aromatic N) is 2. The lowest BCUT2D eigenvalue weighted by molar-refractivity contribution is -0.139. The Hall–Kier alpha value is -2.55. The van der Waals surface area contributed by atoms with Gasteiger partial charge in [-0.15, -0.1) is 4.40 Å². The van der Waals surface area contributed by atoms with Crippen molar-refractivity contribution >= 4 is 21.9 Å². The first-order valence-corrected chi connectivity index (χ1v) is 9.94. The van der Waals surface area contributed by atoms with Crippen LogP contribution in [0.5, 0.6) is 11.5 Å². The van der Waals surface area contributed by atoms with Gasteiger partial charge < -0.3 is 14.2 Å². The molecule has 1 aromatic carbocycles. The highest BCUT2D eigenvalue weighted by atomic mass is 32.2. The average Bonchev–Trinajstić information content (AvgIpc) is 2.65. The van der Waals surface area contributed by atoms with Crippen LogP contribution in [0.25, 0.3) is 0 Å². The predicted molar refractivity (Wildman–Crippen MR) is 101 cm³/mol. The van der Waals surface area contributed by atoms with Crippen LogP contribution in [0.15, 0.2) is 34.4 Å². The van der Waals surface area contributed by atoms with Crippen molar-refractivity contribution in [3.63, 3.8) is 0 Å². The fourth-order valence-corrected chi connectivity index (χ4v) is 4.10. The monoisotopic (exact) mass is 396 g/mol. The summed E-state index contributed by atoms with van der Waals surface area (Å²) >= 11 is 0. The topological polar surface area (TPSA) is 94.5 Å². The molecule has 9 heteroatoms. The summed E-state index contributed by atoms with van der Waals surface area (Å²) in [6, 6.07) is 4.45. The molecular formula is C18H24N2O6S. The molecule has 0 spiro atoms. The van der Waals surface area contributed by atoms with Crippen molar-refractivity contribution in [3.8, 4) is 11.5 Å². The minimum atomic E-state index is -4.10. The number of esters is 1. The van der Waals surface area contributed by atoms with E-state index in [2.05, 4.69) is 4.40 Å². The molecular weight excluding hydrogens is 372 g/mol. The van der Waals surface area contributed by atoms with E-state index in [9.17, 15) is 13.2 Å². The summed E-state index contributed by atoms with van der Waals surface area (Å²) in [5, 5.41) is 0. The van der Waals surface area contributed by atoms with Gasteiger partial charge in [-0.3, -0.25) is 0 Å². The van der Waals surface area contributed by atoms with E-state index in [1.165, 1.54) is 20.3 Å². The molecule has 8 nitrogen and oxygen atoms in total. The molecule has 0 aliphatic carbocycles. The molecule has 1 aliphatic heterocycles. The SMILES string of the molecule is CCOC(=O)C1=CC(c2ccc(OC)c(OC)c2)=NS(=O)(=O)N1[C@@H](C)CC. The predicted octanol–water partition coefficient (Wildman–Crippen LogP) is 2.30. The van der Waals surface area contributed by atoms with Crippen molar-refractivity contribution in [1.29, 1.82) is 0 Å². The molecule has 0 bridgehead atoms. The number of methoxy groups -OCH3 is 2. The minimum absolute atomic E-state index is 0.0639. The molecule has 1 atom stereocenters. The standard InChI is InChI=1S/C18H24N2O6S/c1-6-12(3)20-15(18(21)26-7-2)11-14(19-27(20,22)23)13-8-9-16(24-4)17(10-13)25-5/h8-12H,6-7H2,1-5H3/t12-/m0/s1. The van der Waals surface area contributed by atoms with Crippen molar-refractivity contribution in [2.75, 3.05) is 20.8 Å². The number of benzene rings is 1. The largest absolute Gasteiger partial charge is 0.493 e. The normalized spacial score (nSPS) is 16.9. The van der Waals surface area contributed by atoms with Gasteiger partial charge in [0.25, 0.3) is 0 Å². The lowest BCUT2D eigenvalue weighted by Gasteiger charge is -2.31. The van der Waals surface area contributed by atoms with Crippen LogP contribution in [-0.2, 0) is 19.7 Å². The number of hydrogen-bond donors (Lipinski definition) is 0. The quantitative estimate of drug-likeness (QED) is 0.657. The second-order valence-corrected chi connectivity index (χ2v) is 7.30. The highest BCUT2D eigenvalue weighted by Gasteiger charge is 2.36. The van der Waals surface area contributed by atoms with Crippen molar-refractivity contribution < 1.29 is 27.4 Å². The van der Waals surface area contributed by atoms with Gasteiger partial charge in [0.2, 0.25) is 0 Å². The van der Waals surface area contributed by atoms with Gasteiger partial charge in [0.15, 0.2) is 11.5 Å². The van der Waals surface area contributed by atoms with E-state index in [4.69, 9.17) is 14.2 Å². The Morgan fingerprint density at radius 1 is 1.19 bits per heavy atom. The first-order valence-electron chi connectivity index (χ1n) is 8.54. The molecule has 148 valence electrons. The van der Waals surface area contributed by atoms with Gasteiger partial charge in [0.1, 0.15) is 5.70 Å².